The van der Waals surface area contributed by atoms with Gasteiger partial charge in [0.15, 0.2) is 5.66 Å². The summed E-state index contributed by atoms with van der Waals surface area (Å²) >= 11 is 1.56. The van der Waals surface area contributed by atoms with Crippen LogP contribution in [0.25, 0.3) is 10.8 Å². The number of hydrogen-bond donors (Lipinski definition) is 1. The molecule has 3 rings (SSSR count). The molecule has 0 aromatic carbocycles. The number of nitrogens with one attached hydrogen (secondary N) is 1. The van der Waals surface area contributed by atoms with Crippen molar-refractivity contribution in [1.82, 2.24) is 10.3 Å². The van der Waals surface area contributed by atoms with Gasteiger partial charge in [0.1, 0.15) is 5.76 Å². The molecule has 0 unspecified atom stereocenters. The molecular weight excluding hydrogens is 324 g/mol. The van der Waals surface area contributed by atoms with Crippen LogP contribution >= 0.6 is 11.3 Å². The summed E-state index contributed by atoms with van der Waals surface area (Å²) in [6, 6.07) is 3.88. The fraction of sp³-hybridized carbons (Fsp3) is 0.412. The molecule has 3 heterocycles. The van der Waals surface area contributed by atoms with E-state index in [-0.39, 0.29) is 18.0 Å². The lowest BCUT2D eigenvalue weighted by atomic mass is 10.0. The number of hydrogen-bond acceptors (Lipinski definition) is 6. The Morgan fingerprint density at radius 1 is 1.46 bits per heavy atom. The third kappa shape index (κ3) is 3.89. The molecule has 1 N–H and O–H groups in total. The number of nitrogens with zero attached hydrogens (tertiary/aromatic N) is 3. The van der Waals surface area contributed by atoms with Crippen LogP contribution in [0.1, 0.15) is 30.7 Å². The van der Waals surface area contributed by atoms with E-state index in [1.807, 2.05) is 24.4 Å². The van der Waals surface area contributed by atoms with Crippen LogP contribution < -0.4 is 5.32 Å². The summed E-state index contributed by atoms with van der Waals surface area (Å²) in [5.74, 6) is 3.74. The molecule has 1 amide bonds. The second kappa shape index (κ2) is 6.97. The van der Waals surface area contributed by atoms with E-state index < -0.39 is 0 Å². The number of aromatic nitrogens is 1. The van der Waals surface area contributed by atoms with Crippen molar-refractivity contribution < 1.29 is 9.21 Å². The lowest BCUT2D eigenvalue weighted by molar-refractivity contribution is -0.120. The Morgan fingerprint density at radius 2 is 2.29 bits per heavy atom. The first-order valence-corrected chi connectivity index (χ1v) is 8.64. The second-order valence-electron chi connectivity index (χ2n) is 5.66. The van der Waals surface area contributed by atoms with E-state index in [9.17, 15) is 4.79 Å². The molecule has 1 aliphatic rings. The zero-order valence-corrected chi connectivity index (χ0v) is 14.2. The largest absolute Gasteiger partial charge is 0.440 e. The summed E-state index contributed by atoms with van der Waals surface area (Å²) in [7, 11) is 0. The smallest absolute Gasteiger partial charge is 0.236 e. The van der Waals surface area contributed by atoms with E-state index in [1.54, 1.807) is 11.3 Å². The van der Waals surface area contributed by atoms with Crippen molar-refractivity contribution in [1.29, 1.82) is 0 Å². The molecule has 7 heteroatoms. The number of amides is 1. The second-order valence-corrected chi connectivity index (χ2v) is 6.61. The van der Waals surface area contributed by atoms with Crippen LogP contribution in [-0.2, 0) is 11.2 Å². The van der Waals surface area contributed by atoms with Crippen LogP contribution in [0.3, 0.4) is 0 Å². The highest BCUT2D eigenvalue weighted by molar-refractivity contribution is 7.13. The maximum atomic E-state index is 12.1. The Balaban J connectivity index is 1.48. The summed E-state index contributed by atoms with van der Waals surface area (Å²) in [6.45, 7) is 2.34. The maximum absolute atomic E-state index is 12.1. The molecule has 0 saturated carbocycles. The minimum Gasteiger partial charge on any atom is -0.440 e. The molecule has 0 atom stereocenters. The fourth-order valence-corrected chi connectivity index (χ4v) is 3.03. The first-order valence-electron chi connectivity index (χ1n) is 7.76. The minimum atomic E-state index is -0.365. The number of aryl methyl sites for hydroxylation is 1. The third-order valence-electron chi connectivity index (χ3n) is 3.85. The number of terminal acetylenes is 1. The number of carbonyl (C=O) groups excluding carboxylic acids is 1. The zero-order valence-electron chi connectivity index (χ0n) is 13.4. The predicted octanol–water partition coefficient (Wildman–Crippen LogP) is 3.34. The zero-order chi connectivity index (χ0) is 17.0. The van der Waals surface area contributed by atoms with Crippen molar-refractivity contribution in [3.63, 3.8) is 0 Å². The van der Waals surface area contributed by atoms with Gasteiger partial charge in [-0.25, -0.2) is 4.98 Å². The van der Waals surface area contributed by atoms with E-state index in [2.05, 4.69) is 26.4 Å². The van der Waals surface area contributed by atoms with Gasteiger partial charge < -0.3 is 9.73 Å². The van der Waals surface area contributed by atoms with Gasteiger partial charge in [0, 0.05) is 25.8 Å². The lowest BCUT2D eigenvalue weighted by Gasteiger charge is -2.09. The molecule has 2 aromatic rings. The van der Waals surface area contributed by atoms with Crippen molar-refractivity contribution in [2.45, 2.75) is 38.3 Å². The van der Waals surface area contributed by atoms with Crippen molar-refractivity contribution in [2.75, 3.05) is 6.54 Å². The SMILES string of the molecule is C#CCCC1(CCNC(=O)Cc2nc(-c3cccs3)oc2C)N=N1. The average Bonchev–Trinajstić information content (AvgIpc) is 2.97. The van der Waals surface area contributed by atoms with Crippen LogP contribution in [0.4, 0.5) is 0 Å². The van der Waals surface area contributed by atoms with Gasteiger partial charge in [-0.2, -0.15) is 10.2 Å². The molecule has 0 radical (unpaired) electrons. The molecule has 1 aliphatic heterocycles. The Kier molecular flexibility index (Phi) is 4.76. The highest BCUT2D eigenvalue weighted by atomic mass is 32.1. The van der Waals surface area contributed by atoms with Gasteiger partial charge in [0.2, 0.25) is 11.8 Å². The molecule has 2 aromatic heterocycles. The van der Waals surface area contributed by atoms with Gasteiger partial charge >= 0.3 is 0 Å². The monoisotopic (exact) mass is 342 g/mol. The molecule has 0 spiro atoms. The van der Waals surface area contributed by atoms with Crippen molar-refractivity contribution in [3.05, 3.63) is 29.0 Å². The van der Waals surface area contributed by atoms with Gasteiger partial charge in [-0.3, -0.25) is 4.79 Å². The molecule has 0 bridgehead atoms. The van der Waals surface area contributed by atoms with Gasteiger partial charge in [0.05, 0.1) is 17.0 Å². The summed E-state index contributed by atoms with van der Waals surface area (Å²) < 4.78 is 5.64. The van der Waals surface area contributed by atoms with E-state index >= 15 is 0 Å². The summed E-state index contributed by atoms with van der Waals surface area (Å²) in [5.41, 5.74) is 0.300. The van der Waals surface area contributed by atoms with Crippen LogP contribution in [0, 0.1) is 19.3 Å². The van der Waals surface area contributed by atoms with Crippen molar-refractivity contribution in [3.8, 4) is 23.1 Å². The Bertz CT molecular complexity index is 780. The first-order chi connectivity index (χ1) is 11.6. The highest BCUT2D eigenvalue weighted by Crippen LogP contribution is 2.36. The molecular formula is C17H18N4O2S. The number of carbonyl (C=O) groups is 1. The average molecular weight is 342 g/mol. The molecule has 6 nitrogen and oxygen atoms in total. The molecule has 0 aliphatic carbocycles. The molecule has 124 valence electrons. The van der Waals surface area contributed by atoms with Crippen LogP contribution in [-0.4, -0.2) is 23.1 Å². The Labute approximate surface area is 144 Å². The molecule has 0 saturated heterocycles. The van der Waals surface area contributed by atoms with Crippen LogP contribution in [0.2, 0.25) is 0 Å². The number of oxazole rings is 1. The first kappa shape index (κ1) is 16.4. The number of rotatable bonds is 8. The van der Waals surface area contributed by atoms with Gasteiger partial charge in [-0.05, 0) is 18.4 Å². The van der Waals surface area contributed by atoms with Gasteiger partial charge in [-0.1, -0.05) is 6.07 Å². The van der Waals surface area contributed by atoms with E-state index in [1.165, 1.54) is 0 Å². The number of thiophene rings is 1. The van der Waals surface area contributed by atoms with E-state index in [4.69, 9.17) is 10.8 Å². The van der Waals surface area contributed by atoms with Crippen LogP contribution in [0.15, 0.2) is 32.2 Å². The minimum absolute atomic E-state index is 0.0862. The summed E-state index contributed by atoms with van der Waals surface area (Å²) in [6.07, 6.45) is 7.52. The Hall–Kier alpha value is -2.46. The fourth-order valence-electron chi connectivity index (χ4n) is 2.38. The topological polar surface area (TPSA) is 79.9 Å². The standard InChI is InChI=1S/C17H18N4O2S/c1-3-4-7-17(20-21-17)8-9-18-15(22)11-13-12(2)23-16(19-13)14-6-5-10-24-14/h1,5-6,10H,4,7-9,11H2,2H3,(H,18,22). The van der Waals surface area contributed by atoms with Gasteiger partial charge in [0.25, 0.3) is 0 Å². The maximum Gasteiger partial charge on any atom is 0.236 e. The van der Waals surface area contributed by atoms with Crippen LogP contribution in [0.5, 0.6) is 0 Å². The normalized spacial score (nSPS) is 14.3. The lowest BCUT2D eigenvalue weighted by Crippen LogP contribution is -2.29. The summed E-state index contributed by atoms with van der Waals surface area (Å²) in [5, 5.41) is 12.9. The highest BCUT2D eigenvalue weighted by Gasteiger charge is 2.38. The molecule has 0 fully saturated rings. The third-order valence-corrected chi connectivity index (χ3v) is 4.71. The van der Waals surface area contributed by atoms with Crippen molar-refractivity contribution >= 4 is 17.2 Å². The predicted molar refractivity (Wildman–Crippen MR) is 91.5 cm³/mol. The quantitative estimate of drug-likeness (QED) is 0.747. The Morgan fingerprint density at radius 3 is 2.96 bits per heavy atom. The summed E-state index contributed by atoms with van der Waals surface area (Å²) in [4.78, 5) is 17.5. The van der Waals surface area contributed by atoms with E-state index in [0.29, 0.717) is 36.7 Å². The van der Waals surface area contributed by atoms with Gasteiger partial charge in [-0.15, -0.1) is 23.7 Å². The van der Waals surface area contributed by atoms with E-state index in [0.717, 1.165) is 11.3 Å². The van der Waals surface area contributed by atoms with Crippen molar-refractivity contribution in [2.24, 2.45) is 10.2 Å². The molecule has 24 heavy (non-hydrogen) atoms.